The number of carbonyl (C=O) groups excluding carboxylic acids is 1. The van der Waals surface area contributed by atoms with E-state index in [0.717, 1.165) is 82.0 Å². The van der Waals surface area contributed by atoms with Crippen molar-refractivity contribution in [2.45, 2.75) is 70.8 Å². The number of hydrogen-bond acceptors (Lipinski definition) is 6. The maximum Gasteiger partial charge on any atom is 0.226 e. The molecule has 3 aliphatic heterocycles. The zero-order chi connectivity index (χ0) is 26.5. The summed E-state index contributed by atoms with van der Waals surface area (Å²) in [7, 11) is 0. The number of ether oxygens (including phenoxy) is 1. The first-order valence-electron chi connectivity index (χ1n) is 14.6. The van der Waals surface area contributed by atoms with E-state index in [-0.39, 0.29) is 11.3 Å². The van der Waals surface area contributed by atoms with Crippen molar-refractivity contribution in [1.29, 1.82) is 0 Å². The Kier molecular flexibility index (Phi) is 7.93. The summed E-state index contributed by atoms with van der Waals surface area (Å²) in [5, 5.41) is 11.9. The van der Waals surface area contributed by atoms with Crippen LogP contribution in [0.5, 0.6) is 5.75 Å². The van der Waals surface area contributed by atoms with Crippen LogP contribution in [0, 0.1) is 5.41 Å². The Balaban J connectivity index is 1.09. The molecule has 3 aromatic rings. The van der Waals surface area contributed by atoms with Gasteiger partial charge in [-0.1, -0.05) is 53.7 Å². The van der Waals surface area contributed by atoms with Crippen molar-refractivity contribution < 1.29 is 9.53 Å². The molecule has 39 heavy (non-hydrogen) atoms. The Labute approximate surface area is 231 Å². The molecule has 0 saturated carbocycles. The highest BCUT2D eigenvalue weighted by atomic mass is 16.5. The van der Waals surface area contributed by atoms with Crippen LogP contribution in [0.1, 0.15) is 55.3 Å². The second-order valence-electron chi connectivity index (χ2n) is 11.5. The second-order valence-corrected chi connectivity index (χ2v) is 11.5. The van der Waals surface area contributed by atoms with Crippen LogP contribution in [0.4, 0.5) is 0 Å². The van der Waals surface area contributed by atoms with Crippen LogP contribution in [0.25, 0.3) is 0 Å². The van der Waals surface area contributed by atoms with Crippen molar-refractivity contribution in [1.82, 2.24) is 30.1 Å². The van der Waals surface area contributed by atoms with E-state index in [1.54, 1.807) is 0 Å². The minimum absolute atomic E-state index is 0.186. The molecule has 1 spiro atoms. The van der Waals surface area contributed by atoms with Gasteiger partial charge in [0.2, 0.25) is 5.91 Å². The Morgan fingerprint density at radius 1 is 0.923 bits per heavy atom. The summed E-state index contributed by atoms with van der Waals surface area (Å²) in [5.74, 6) is 0.970. The number of aromatic nitrogens is 3. The molecule has 0 atom stereocenters. The van der Waals surface area contributed by atoms with Crippen LogP contribution in [0.2, 0.25) is 0 Å². The maximum absolute atomic E-state index is 13.8. The van der Waals surface area contributed by atoms with Crippen molar-refractivity contribution in [3.63, 3.8) is 0 Å². The molecule has 0 unspecified atom stereocenters. The summed E-state index contributed by atoms with van der Waals surface area (Å²) in [6.45, 7) is 6.92. The normalized spacial score (nSPS) is 21.5. The Morgan fingerprint density at radius 3 is 2.51 bits per heavy atom. The first-order valence-corrected chi connectivity index (χ1v) is 14.6. The first-order chi connectivity index (χ1) is 19.2. The SMILES string of the molecule is O=C1NCc2ccccc2OCc2cn(nn2)CCCC12CCN(C1CCN(Cc3ccccc3)CC1)CC2. The highest BCUT2D eigenvalue weighted by molar-refractivity contribution is 5.82. The lowest BCUT2D eigenvalue weighted by Gasteiger charge is -2.45. The Hall–Kier alpha value is -3.23. The zero-order valence-electron chi connectivity index (χ0n) is 22.8. The molecule has 2 fully saturated rings. The van der Waals surface area contributed by atoms with Crippen LogP contribution >= 0.6 is 0 Å². The average molecular weight is 529 g/mol. The molecule has 0 aliphatic carbocycles. The van der Waals surface area contributed by atoms with Gasteiger partial charge in [-0.25, -0.2) is 0 Å². The van der Waals surface area contributed by atoms with Gasteiger partial charge in [-0.05, 0) is 76.3 Å². The zero-order valence-corrected chi connectivity index (χ0v) is 22.8. The number of nitrogens with zero attached hydrogens (tertiary/aromatic N) is 5. The number of benzene rings is 2. The van der Waals surface area contributed by atoms with Gasteiger partial charge in [0.25, 0.3) is 0 Å². The number of fused-ring (bicyclic) bond motifs is 3. The van der Waals surface area contributed by atoms with E-state index in [0.29, 0.717) is 19.2 Å². The molecule has 1 amide bonds. The lowest BCUT2D eigenvalue weighted by molar-refractivity contribution is -0.135. The van der Waals surface area contributed by atoms with Crippen molar-refractivity contribution in [2.75, 3.05) is 26.2 Å². The summed E-state index contributed by atoms with van der Waals surface area (Å²) in [5.41, 5.74) is 2.87. The summed E-state index contributed by atoms with van der Waals surface area (Å²) in [6, 6.07) is 19.3. The quantitative estimate of drug-likeness (QED) is 0.554. The van der Waals surface area contributed by atoms with E-state index in [1.807, 2.05) is 35.1 Å². The third kappa shape index (κ3) is 6.17. The minimum atomic E-state index is -0.339. The predicted octanol–water partition coefficient (Wildman–Crippen LogP) is 4.01. The highest BCUT2D eigenvalue weighted by Gasteiger charge is 2.42. The number of nitrogens with one attached hydrogen (secondary N) is 1. The van der Waals surface area contributed by atoms with Crippen LogP contribution in [-0.4, -0.2) is 62.9 Å². The van der Waals surface area contributed by atoms with E-state index < -0.39 is 0 Å². The Morgan fingerprint density at radius 2 is 1.69 bits per heavy atom. The van der Waals surface area contributed by atoms with Crippen molar-refractivity contribution in [3.05, 3.63) is 77.6 Å². The van der Waals surface area contributed by atoms with E-state index in [9.17, 15) is 4.79 Å². The first kappa shape index (κ1) is 26.0. The lowest BCUT2D eigenvalue weighted by Crippen LogP contribution is -2.53. The third-order valence-corrected chi connectivity index (χ3v) is 8.98. The van der Waals surface area contributed by atoms with Gasteiger partial charge in [0, 0.05) is 31.2 Å². The van der Waals surface area contributed by atoms with E-state index in [4.69, 9.17) is 4.74 Å². The van der Waals surface area contributed by atoms with Crippen molar-refractivity contribution in [2.24, 2.45) is 5.41 Å². The average Bonchev–Trinajstić information content (AvgIpc) is 3.44. The highest BCUT2D eigenvalue weighted by Crippen LogP contribution is 2.38. The molecule has 206 valence electrons. The number of likely N-dealkylation sites (tertiary alicyclic amines) is 2. The standard InChI is InChI=1S/C31H40N6O2/c38-30-31(13-6-16-37-23-27(33-34-37)24-39-29-10-5-4-9-26(29)21-32-30)14-19-36(20-15-31)28-11-17-35(18-12-28)22-25-7-2-1-3-8-25/h1-5,7-10,23,28H,6,11-22,24H2,(H,32,38). The van der Waals surface area contributed by atoms with Gasteiger partial charge in [0.15, 0.2) is 0 Å². The van der Waals surface area contributed by atoms with E-state index >= 15 is 0 Å². The topological polar surface area (TPSA) is 75.5 Å². The van der Waals surface area contributed by atoms with Gasteiger partial charge in [0.1, 0.15) is 18.1 Å². The number of aryl methyl sites for hydroxylation is 1. The molecule has 2 aromatic carbocycles. The molecular weight excluding hydrogens is 488 g/mol. The molecule has 6 rings (SSSR count). The Bertz CT molecular complexity index is 1230. The fourth-order valence-electron chi connectivity index (χ4n) is 6.59. The minimum Gasteiger partial charge on any atom is -0.487 e. The van der Waals surface area contributed by atoms with Crippen molar-refractivity contribution in [3.8, 4) is 5.75 Å². The fourth-order valence-corrected chi connectivity index (χ4v) is 6.59. The number of hydrogen-bond donors (Lipinski definition) is 1. The lowest BCUT2D eigenvalue weighted by atomic mass is 9.73. The van der Waals surface area contributed by atoms with Crippen molar-refractivity contribution >= 4 is 5.91 Å². The van der Waals surface area contributed by atoms with E-state index in [2.05, 4.69) is 55.8 Å². The molecule has 2 bridgehead atoms. The fraction of sp³-hybridized carbons (Fsp3) is 0.516. The summed E-state index contributed by atoms with van der Waals surface area (Å²) in [6.07, 6.45) is 7.97. The molecule has 8 heteroatoms. The molecule has 0 radical (unpaired) electrons. The largest absolute Gasteiger partial charge is 0.487 e. The summed E-state index contributed by atoms with van der Waals surface area (Å²) >= 11 is 0. The van der Waals surface area contributed by atoms with Gasteiger partial charge in [-0.3, -0.25) is 14.4 Å². The monoisotopic (exact) mass is 528 g/mol. The molecule has 8 nitrogen and oxygen atoms in total. The van der Waals surface area contributed by atoms with Crippen LogP contribution in [0.15, 0.2) is 60.8 Å². The third-order valence-electron chi connectivity index (χ3n) is 8.98. The predicted molar refractivity (Wildman–Crippen MR) is 150 cm³/mol. The summed E-state index contributed by atoms with van der Waals surface area (Å²) in [4.78, 5) is 19.0. The number of para-hydroxylation sites is 1. The molecule has 4 heterocycles. The van der Waals surface area contributed by atoms with Gasteiger partial charge >= 0.3 is 0 Å². The number of carbonyl (C=O) groups is 1. The number of piperidine rings is 2. The van der Waals surface area contributed by atoms with Crippen LogP contribution in [-0.2, 0) is 31.0 Å². The van der Waals surface area contributed by atoms with E-state index in [1.165, 1.54) is 18.4 Å². The van der Waals surface area contributed by atoms with Gasteiger partial charge in [-0.2, -0.15) is 0 Å². The van der Waals surface area contributed by atoms with Gasteiger partial charge in [0.05, 0.1) is 11.6 Å². The smallest absolute Gasteiger partial charge is 0.226 e. The number of rotatable bonds is 3. The molecular formula is C31H40N6O2. The molecule has 1 N–H and O–H groups in total. The number of amides is 1. The maximum atomic E-state index is 13.8. The summed E-state index contributed by atoms with van der Waals surface area (Å²) < 4.78 is 7.94. The van der Waals surface area contributed by atoms with Crippen LogP contribution < -0.4 is 10.1 Å². The van der Waals surface area contributed by atoms with Gasteiger partial charge < -0.3 is 15.0 Å². The second kappa shape index (κ2) is 11.9. The van der Waals surface area contributed by atoms with Crippen LogP contribution in [0.3, 0.4) is 0 Å². The molecule has 1 aromatic heterocycles. The molecule has 2 saturated heterocycles. The molecule has 3 aliphatic rings. The van der Waals surface area contributed by atoms with Gasteiger partial charge in [-0.15, -0.1) is 5.10 Å².